The Morgan fingerprint density at radius 2 is 1.29 bits per heavy atom. The number of benzene rings is 3. The fraction of sp³-hybridized carbons (Fsp3) is 0.304. The largest absolute Gasteiger partial charge is 0.320 e. The summed E-state index contributed by atoms with van der Waals surface area (Å²) in [5.41, 5.74) is 1.08. The molecule has 0 amide bonds. The van der Waals surface area contributed by atoms with Gasteiger partial charge in [-0.2, -0.15) is 0 Å². The van der Waals surface area contributed by atoms with E-state index in [1.165, 1.54) is 21.5 Å². The van der Waals surface area contributed by atoms with Crippen molar-refractivity contribution in [1.29, 1.82) is 0 Å². The SMILES string of the molecule is CC.CC.CC.C[C-]=Cc1[c-]c2c(cc1)ccc1ccccc12.[Y]. The van der Waals surface area contributed by atoms with Crippen LogP contribution >= 0.6 is 0 Å². The summed E-state index contributed by atoms with van der Waals surface area (Å²) >= 11 is 0. The molecule has 0 aliphatic rings. The first-order valence-corrected chi connectivity index (χ1v) is 8.73. The van der Waals surface area contributed by atoms with E-state index in [2.05, 4.69) is 60.7 Å². The van der Waals surface area contributed by atoms with Crippen molar-refractivity contribution in [2.45, 2.75) is 48.5 Å². The van der Waals surface area contributed by atoms with E-state index in [0.29, 0.717) is 0 Å². The summed E-state index contributed by atoms with van der Waals surface area (Å²) in [5, 5.41) is 4.94. The predicted octanol–water partition coefficient (Wildman–Crippen LogP) is 7.71. The first-order valence-electron chi connectivity index (χ1n) is 8.73. The van der Waals surface area contributed by atoms with Gasteiger partial charge in [-0.15, -0.1) is 18.4 Å². The number of allylic oxidation sites excluding steroid dienone is 1. The minimum atomic E-state index is 0. The van der Waals surface area contributed by atoms with Crippen LogP contribution < -0.4 is 0 Å². The summed E-state index contributed by atoms with van der Waals surface area (Å²) in [6.07, 6.45) is 5.00. The van der Waals surface area contributed by atoms with Crippen LogP contribution in [0.3, 0.4) is 0 Å². The molecule has 0 aromatic heterocycles. The normalized spacial score (nSPS) is 8.96. The number of fused-ring (bicyclic) bond motifs is 3. The van der Waals surface area contributed by atoms with E-state index >= 15 is 0 Å². The van der Waals surface area contributed by atoms with E-state index in [1.54, 1.807) is 0 Å². The Kier molecular flexibility index (Phi) is 16.4. The molecule has 0 fully saturated rings. The van der Waals surface area contributed by atoms with Crippen molar-refractivity contribution in [1.82, 2.24) is 0 Å². The van der Waals surface area contributed by atoms with Crippen LogP contribution in [0.5, 0.6) is 0 Å². The molecule has 0 aliphatic heterocycles. The van der Waals surface area contributed by atoms with Crippen molar-refractivity contribution >= 4 is 27.6 Å². The Bertz CT molecular complexity index is 711. The fourth-order valence-electron chi connectivity index (χ4n) is 2.17. The average Bonchev–Trinajstić information content (AvgIpc) is 2.67. The van der Waals surface area contributed by atoms with Gasteiger partial charge in [0.25, 0.3) is 0 Å². The molecule has 0 unspecified atom stereocenters. The Morgan fingerprint density at radius 1 is 0.750 bits per heavy atom. The van der Waals surface area contributed by atoms with Gasteiger partial charge in [-0.1, -0.05) is 94.1 Å². The molecule has 0 bridgehead atoms. The molecular weight excluding hydrogens is 365 g/mol. The molecule has 127 valence electrons. The van der Waals surface area contributed by atoms with Gasteiger partial charge in [0.05, 0.1) is 0 Å². The molecular formula is C23H30Y-2. The minimum absolute atomic E-state index is 0. The third-order valence-corrected chi connectivity index (χ3v) is 2.97. The molecule has 0 N–H and O–H groups in total. The van der Waals surface area contributed by atoms with Gasteiger partial charge in [0, 0.05) is 32.7 Å². The summed E-state index contributed by atoms with van der Waals surface area (Å²) in [6, 6.07) is 20.4. The minimum Gasteiger partial charge on any atom is -0.320 e. The van der Waals surface area contributed by atoms with Crippen molar-refractivity contribution in [2.24, 2.45) is 0 Å². The number of hydrogen-bond donors (Lipinski definition) is 0. The van der Waals surface area contributed by atoms with Gasteiger partial charge in [0.2, 0.25) is 0 Å². The first kappa shape index (κ1) is 25.3. The molecule has 0 heterocycles. The van der Waals surface area contributed by atoms with Crippen LogP contribution in [0.1, 0.15) is 54.0 Å². The molecule has 3 aromatic carbocycles. The molecule has 0 atom stereocenters. The van der Waals surface area contributed by atoms with Crippen LogP contribution in [0, 0.1) is 12.1 Å². The molecule has 24 heavy (non-hydrogen) atoms. The third-order valence-electron chi connectivity index (χ3n) is 2.97. The van der Waals surface area contributed by atoms with E-state index in [0.717, 1.165) is 5.56 Å². The maximum atomic E-state index is 3.45. The van der Waals surface area contributed by atoms with Crippen molar-refractivity contribution in [3.8, 4) is 0 Å². The van der Waals surface area contributed by atoms with Crippen LogP contribution in [-0.2, 0) is 32.7 Å². The molecule has 3 aromatic rings. The van der Waals surface area contributed by atoms with Crippen LogP contribution in [0.15, 0.2) is 48.5 Å². The number of rotatable bonds is 1. The van der Waals surface area contributed by atoms with Gasteiger partial charge >= 0.3 is 0 Å². The average molecular weight is 395 g/mol. The molecule has 0 spiro atoms. The van der Waals surface area contributed by atoms with Gasteiger partial charge in [-0.3, -0.25) is 11.6 Å². The van der Waals surface area contributed by atoms with Gasteiger partial charge in [-0.05, 0) is 0 Å². The van der Waals surface area contributed by atoms with Crippen molar-refractivity contribution in [2.75, 3.05) is 0 Å². The molecule has 0 aliphatic carbocycles. The topological polar surface area (TPSA) is 0 Å². The van der Waals surface area contributed by atoms with Crippen molar-refractivity contribution in [3.05, 3.63) is 66.2 Å². The monoisotopic (exact) mass is 395 g/mol. The van der Waals surface area contributed by atoms with E-state index in [1.807, 2.05) is 54.5 Å². The Labute approximate surface area is 174 Å². The summed E-state index contributed by atoms with van der Waals surface area (Å²) in [6.45, 7) is 13.9. The standard InChI is InChI=1S/C17H12.3C2H6.Y/c1-2-5-13-8-9-15-11-10-14-6-3-4-7-16(14)17(15)12-13;3*1-2;/h3-11H,1H3;3*1-2H3;/q-2;;;;. The summed E-state index contributed by atoms with van der Waals surface area (Å²) in [5.74, 6) is 0. The Hall–Kier alpha value is -0.976. The number of hydrogen-bond acceptors (Lipinski definition) is 0. The Balaban J connectivity index is 0. The molecule has 1 radical (unpaired) electrons. The van der Waals surface area contributed by atoms with Crippen LogP contribution in [-0.4, -0.2) is 0 Å². The second kappa shape index (κ2) is 15.5. The summed E-state index contributed by atoms with van der Waals surface area (Å²) in [7, 11) is 0. The van der Waals surface area contributed by atoms with E-state index in [-0.39, 0.29) is 32.7 Å². The second-order valence-corrected chi connectivity index (χ2v) is 4.10. The van der Waals surface area contributed by atoms with Crippen LogP contribution in [0.2, 0.25) is 0 Å². The molecule has 1 heteroatoms. The quantitative estimate of drug-likeness (QED) is 0.292. The maximum absolute atomic E-state index is 3.45. The van der Waals surface area contributed by atoms with Gasteiger partial charge in [-0.25, -0.2) is 12.1 Å². The zero-order valence-corrected chi connectivity index (χ0v) is 19.1. The Morgan fingerprint density at radius 3 is 1.92 bits per heavy atom. The zero-order chi connectivity index (χ0) is 17.7. The van der Waals surface area contributed by atoms with E-state index < -0.39 is 0 Å². The second-order valence-electron chi connectivity index (χ2n) is 4.10. The van der Waals surface area contributed by atoms with Crippen LogP contribution in [0.4, 0.5) is 0 Å². The fourth-order valence-corrected chi connectivity index (χ4v) is 2.17. The zero-order valence-electron chi connectivity index (χ0n) is 16.3. The van der Waals surface area contributed by atoms with E-state index in [9.17, 15) is 0 Å². The van der Waals surface area contributed by atoms with Gasteiger partial charge in [0.1, 0.15) is 0 Å². The summed E-state index contributed by atoms with van der Waals surface area (Å²) in [4.78, 5) is 0. The molecule has 0 saturated carbocycles. The third kappa shape index (κ3) is 6.87. The molecule has 0 saturated heterocycles. The molecule has 3 rings (SSSR count). The first-order chi connectivity index (χ1) is 11.4. The molecule has 0 nitrogen and oxygen atoms in total. The predicted molar refractivity (Wildman–Crippen MR) is 108 cm³/mol. The van der Waals surface area contributed by atoms with Crippen molar-refractivity contribution in [3.63, 3.8) is 0 Å². The smallest absolute Gasteiger partial charge is 0 e. The van der Waals surface area contributed by atoms with Gasteiger partial charge in [0.15, 0.2) is 0 Å². The van der Waals surface area contributed by atoms with Gasteiger partial charge < -0.3 is 6.08 Å². The van der Waals surface area contributed by atoms with E-state index in [4.69, 9.17) is 0 Å². The van der Waals surface area contributed by atoms with Crippen molar-refractivity contribution < 1.29 is 32.7 Å². The van der Waals surface area contributed by atoms with Crippen LogP contribution in [0.25, 0.3) is 27.6 Å². The summed E-state index contributed by atoms with van der Waals surface area (Å²) < 4.78 is 0. The maximum Gasteiger partial charge on any atom is 0 e.